The van der Waals surface area contributed by atoms with Crippen LogP contribution >= 0.6 is 0 Å². The molecule has 0 aromatic rings. The molecule has 2 atom stereocenters. The zero-order valence-corrected chi connectivity index (χ0v) is 12.2. The van der Waals surface area contributed by atoms with E-state index in [1.807, 2.05) is 0 Å². The third kappa shape index (κ3) is 1.36. The third-order valence-corrected chi connectivity index (χ3v) is 22.5. The molecule has 1 heteroatoms. The third-order valence-electron chi connectivity index (χ3n) is 4.63. The van der Waals surface area contributed by atoms with Gasteiger partial charge in [0.25, 0.3) is 0 Å². The predicted octanol–water partition coefficient (Wildman–Crippen LogP) is 4.07. The molecule has 0 aromatic heterocycles. The van der Waals surface area contributed by atoms with Gasteiger partial charge in [-0.05, 0) is 0 Å². The molecular weight excluding hydrogens is 251 g/mol. The van der Waals surface area contributed by atoms with E-state index < -0.39 is 18.4 Å². The molecule has 0 spiro atoms. The van der Waals surface area contributed by atoms with E-state index in [9.17, 15) is 0 Å². The van der Waals surface area contributed by atoms with E-state index in [0.717, 1.165) is 9.85 Å². The monoisotopic (exact) mass is 274 g/mol. The van der Waals surface area contributed by atoms with Crippen LogP contribution in [0.3, 0.4) is 0 Å². The summed E-state index contributed by atoms with van der Waals surface area (Å²) in [5.74, 6) is 0.791. The van der Waals surface area contributed by atoms with Gasteiger partial charge in [-0.3, -0.25) is 0 Å². The molecule has 1 aliphatic heterocycles. The van der Waals surface area contributed by atoms with Crippen LogP contribution in [0.15, 0.2) is 12.2 Å². The Morgan fingerprint density at radius 2 is 1.58 bits per heavy atom. The van der Waals surface area contributed by atoms with Crippen molar-refractivity contribution in [2.24, 2.45) is 5.92 Å². The molecule has 2 unspecified atom stereocenters. The zero-order chi connectivity index (χ0) is 9.57. The summed E-state index contributed by atoms with van der Waals surface area (Å²) >= 11 is -1.83. The van der Waals surface area contributed by atoms with E-state index in [4.69, 9.17) is 0 Å². The SMILES string of the molecule is CC1C=C[CH](C)[Sn]([CH3])([CH3])[C]1(C)C. The summed E-state index contributed by atoms with van der Waals surface area (Å²) in [5, 5.41) is 0. The molecule has 0 aliphatic carbocycles. The van der Waals surface area contributed by atoms with Crippen LogP contribution in [0.4, 0.5) is 0 Å². The van der Waals surface area contributed by atoms with Crippen LogP contribution in [0.25, 0.3) is 0 Å². The Labute approximate surface area is 81.3 Å². The van der Waals surface area contributed by atoms with Crippen molar-refractivity contribution in [3.8, 4) is 0 Å². The molecular formula is C11H22Sn. The Balaban J connectivity index is 3.07. The molecule has 0 aromatic carbocycles. The summed E-state index contributed by atoms with van der Waals surface area (Å²) in [4.78, 5) is 5.19. The van der Waals surface area contributed by atoms with Gasteiger partial charge in [0.2, 0.25) is 0 Å². The molecule has 0 amide bonds. The predicted molar refractivity (Wildman–Crippen MR) is 59.3 cm³/mol. The summed E-state index contributed by atoms with van der Waals surface area (Å²) in [6.07, 6.45) is 4.89. The van der Waals surface area contributed by atoms with Crippen LogP contribution in [-0.2, 0) is 0 Å². The topological polar surface area (TPSA) is 0 Å². The average Bonchev–Trinajstić information content (AvgIpc) is 1.96. The van der Waals surface area contributed by atoms with Crippen molar-refractivity contribution in [3.63, 3.8) is 0 Å². The molecule has 0 fully saturated rings. The Morgan fingerprint density at radius 3 is 2.00 bits per heavy atom. The average molecular weight is 273 g/mol. The van der Waals surface area contributed by atoms with Gasteiger partial charge in [0.15, 0.2) is 0 Å². The standard InChI is InChI=1S/C9H16.2CH3.Sn/c1-5-6-7-9(4)8(2)3;;;/h5-7,9H,1-4H3;2*1H3;. The first-order chi connectivity index (χ1) is 5.30. The van der Waals surface area contributed by atoms with E-state index in [0.29, 0.717) is 3.43 Å². The Morgan fingerprint density at radius 1 is 1.08 bits per heavy atom. The summed E-state index contributed by atoms with van der Waals surface area (Å²) in [7, 11) is 0. The molecule has 0 N–H and O–H groups in total. The fourth-order valence-corrected chi connectivity index (χ4v) is 10.7. The van der Waals surface area contributed by atoms with Gasteiger partial charge in [0.05, 0.1) is 0 Å². The van der Waals surface area contributed by atoms with Gasteiger partial charge in [0.1, 0.15) is 0 Å². The molecule has 70 valence electrons. The van der Waals surface area contributed by atoms with Gasteiger partial charge in [-0.15, -0.1) is 0 Å². The first-order valence-corrected chi connectivity index (χ1v) is 13.8. The normalized spacial score (nSPS) is 38.2. The number of hydrogen-bond acceptors (Lipinski definition) is 0. The van der Waals surface area contributed by atoms with Crippen LogP contribution < -0.4 is 0 Å². The van der Waals surface area contributed by atoms with Crippen LogP contribution in [0.1, 0.15) is 27.7 Å². The maximum atomic E-state index is 2.60. The Bertz CT molecular complexity index is 179. The minimum atomic E-state index is -1.83. The second-order valence-electron chi connectivity index (χ2n) is 5.41. The van der Waals surface area contributed by atoms with Gasteiger partial charge in [-0.2, -0.15) is 0 Å². The molecule has 0 radical (unpaired) electrons. The summed E-state index contributed by atoms with van der Waals surface area (Å²) in [5.41, 5.74) is 0. The number of rotatable bonds is 0. The van der Waals surface area contributed by atoms with Gasteiger partial charge in [-0.25, -0.2) is 0 Å². The Hall–Kier alpha value is 0.539. The van der Waals surface area contributed by atoms with Crippen LogP contribution in [0, 0.1) is 5.92 Å². The van der Waals surface area contributed by atoms with E-state index in [1.165, 1.54) is 0 Å². The molecule has 0 saturated carbocycles. The van der Waals surface area contributed by atoms with Crippen molar-refractivity contribution >= 4 is 18.4 Å². The molecule has 1 heterocycles. The molecule has 1 aliphatic rings. The molecule has 1 rings (SSSR count). The minimum absolute atomic E-state index is 0.628. The number of allylic oxidation sites excluding steroid dienone is 2. The quantitative estimate of drug-likeness (QED) is 0.461. The van der Waals surface area contributed by atoms with Crippen molar-refractivity contribution in [2.45, 2.75) is 44.9 Å². The van der Waals surface area contributed by atoms with Crippen molar-refractivity contribution in [1.29, 1.82) is 0 Å². The number of hydrogen-bond donors (Lipinski definition) is 0. The fourth-order valence-electron chi connectivity index (χ4n) is 1.99. The maximum absolute atomic E-state index is 2.60. The summed E-state index contributed by atoms with van der Waals surface area (Å²) in [6.45, 7) is 9.75. The van der Waals surface area contributed by atoms with Crippen molar-refractivity contribution < 1.29 is 0 Å². The summed E-state index contributed by atoms with van der Waals surface area (Å²) < 4.78 is 1.54. The molecule has 0 bridgehead atoms. The van der Waals surface area contributed by atoms with Gasteiger partial charge in [0, 0.05) is 0 Å². The second-order valence-corrected chi connectivity index (χ2v) is 21.5. The fraction of sp³-hybridized carbons (Fsp3) is 0.818. The van der Waals surface area contributed by atoms with Gasteiger partial charge in [-0.1, -0.05) is 0 Å². The van der Waals surface area contributed by atoms with Crippen LogP contribution in [0.5, 0.6) is 0 Å². The summed E-state index contributed by atoms with van der Waals surface area (Å²) in [6, 6.07) is 0. The molecule has 12 heavy (non-hydrogen) atoms. The first kappa shape index (κ1) is 10.6. The van der Waals surface area contributed by atoms with E-state index in [-0.39, 0.29) is 0 Å². The Kier molecular flexibility index (Phi) is 2.69. The molecule has 0 saturated heterocycles. The van der Waals surface area contributed by atoms with Crippen molar-refractivity contribution in [3.05, 3.63) is 12.2 Å². The zero-order valence-electron chi connectivity index (χ0n) is 9.31. The van der Waals surface area contributed by atoms with Gasteiger partial charge < -0.3 is 0 Å². The van der Waals surface area contributed by atoms with Crippen LogP contribution in [-0.4, -0.2) is 18.4 Å². The first-order valence-electron chi connectivity index (χ1n) is 4.98. The molecule has 0 nitrogen and oxygen atoms in total. The van der Waals surface area contributed by atoms with Crippen LogP contribution in [0.2, 0.25) is 17.2 Å². The second kappa shape index (κ2) is 3.04. The van der Waals surface area contributed by atoms with Crippen molar-refractivity contribution in [2.75, 3.05) is 0 Å². The van der Waals surface area contributed by atoms with E-state index >= 15 is 0 Å². The van der Waals surface area contributed by atoms with E-state index in [1.54, 1.807) is 0 Å². The van der Waals surface area contributed by atoms with E-state index in [2.05, 4.69) is 49.7 Å². The van der Waals surface area contributed by atoms with Crippen molar-refractivity contribution in [1.82, 2.24) is 0 Å². The van der Waals surface area contributed by atoms with Gasteiger partial charge >= 0.3 is 81.4 Å².